The summed E-state index contributed by atoms with van der Waals surface area (Å²) < 4.78 is 66.0. The van der Waals surface area contributed by atoms with Gasteiger partial charge in [0.05, 0.1) is 4.90 Å². The van der Waals surface area contributed by atoms with E-state index in [1.54, 1.807) is 24.3 Å². The number of benzene rings is 1. The van der Waals surface area contributed by atoms with Crippen molar-refractivity contribution in [2.24, 2.45) is 0 Å². The van der Waals surface area contributed by atoms with Crippen LogP contribution in [0.15, 0.2) is 59.5 Å². The molecule has 1 aliphatic heterocycles. The zero-order valence-electron chi connectivity index (χ0n) is 22.2. The average Bonchev–Trinajstić information content (AvgIpc) is 2.87. The van der Waals surface area contributed by atoms with Gasteiger partial charge < -0.3 is 10.6 Å². The molecule has 0 aliphatic carbocycles. The topological polar surface area (TPSA) is 118 Å². The molecule has 0 radical (unpaired) electrons. The maximum absolute atomic E-state index is 12.7. The van der Waals surface area contributed by atoms with Crippen molar-refractivity contribution in [2.75, 3.05) is 17.0 Å². The van der Waals surface area contributed by atoms with Crippen molar-refractivity contribution in [3.63, 3.8) is 0 Å². The van der Waals surface area contributed by atoms with Crippen LogP contribution in [0, 0.1) is 0 Å². The summed E-state index contributed by atoms with van der Waals surface area (Å²) in [5, 5.41) is 0. The number of fused-ring (bicyclic) bond motifs is 1. The van der Waals surface area contributed by atoms with Crippen molar-refractivity contribution in [3.05, 3.63) is 77.1 Å². The molecule has 3 aromatic rings. The average molecular weight is 564 g/mol. The van der Waals surface area contributed by atoms with Crippen molar-refractivity contribution < 1.29 is 26.4 Å². The van der Waals surface area contributed by atoms with Crippen LogP contribution in [0.1, 0.15) is 62.0 Å². The third-order valence-corrected chi connectivity index (χ3v) is 7.37. The van der Waals surface area contributed by atoms with Crippen LogP contribution in [0.4, 0.5) is 24.8 Å². The van der Waals surface area contributed by atoms with Crippen LogP contribution in [0.3, 0.4) is 0 Å². The number of hydrogen-bond acceptors (Lipinski definition) is 6. The van der Waals surface area contributed by atoms with Crippen LogP contribution < -0.4 is 10.5 Å². The number of alkyl halides is 3. The molecule has 1 aromatic carbocycles. The highest BCUT2D eigenvalue weighted by Gasteiger charge is 2.43. The molecule has 0 spiro atoms. The van der Waals surface area contributed by atoms with Crippen molar-refractivity contribution in [1.82, 2.24) is 14.9 Å². The Morgan fingerprint density at radius 2 is 1.56 bits per heavy atom. The predicted molar refractivity (Wildman–Crippen MR) is 143 cm³/mol. The number of sulfonamides is 1. The first-order valence-electron chi connectivity index (χ1n) is 12.4. The van der Waals surface area contributed by atoms with E-state index in [-0.39, 0.29) is 36.1 Å². The number of nitrogens with two attached hydrogens (primary N) is 1. The molecule has 0 fully saturated rings. The van der Waals surface area contributed by atoms with Crippen molar-refractivity contribution in [3.8, 4) is 0 Å². The Kier molecular flexibility index (Phi) is 9.21. The Balaban J connectivity index is 0.000000353. The zero-order chi connectivity index (χ0) is 29.0. The highest BCUT2D eigenvalue weighted by Crippen LogP contribution is 2.27. The number of nitrogens with zero attached hydrogens (tertiary/aromatic N) is 3. The molecule has 0 bridgehead atoms. The van der Waals surface area contributed by atoms with Crippen LogP contribution in [0.5, 0.6) is 0 Å². The lowest BCUT2D eigenvalue weighted by Crippen LogP contribution is -2.43. The Labute approximate surface area is 226 Å². The molecule has 0 atom stereocenters. The van der Waals surface area contributed by atoms with Crippen LogP contribution in [0.2, 0.25) is 0 Å². The van der Waals surface area contributed by atoms with E-state index in [0.717, 1.165) is 17.0 Å². The normalized spacial score (nSPS) is 13.5. The van der Waals surface area contributed by atoms with Crippen molar-refractivity contribution in [2.45, 2.75) is 63.6 Å². The van der Waals surface area contributed by atoms with Gasteiger partial charge in [0.1, 0.15) is 11.6 Å². The quantitative estimate of drug-likeness (QED) is 0.438. The van der Waals surface area contributed by atoms with Crippen LogP contribution >= 0.6 is 0 Å². The molecule has 1 aliphatic rings. The van der Waals surface area contributed by atoms with E-state index in [1.807, 2.05) is 26.0 Å². The monoisotopic (exact) mass is 563 g/mol. The van der Waals surface area contributed by atoms with Gasteiger partial charge in [0.2, 0.25) is 0 Å². The molecule has 2 aromatic heterocycles. The molecule has 3 N–H and O–H groups in total. The molecule has 3 heterocycles. The maximum Gasteiger partial charge on any atom is 0.471 e. The molecule has 39 heavy (non-hydrogen) atoms. The molecule has 0 unspecified atom stereocenters. The first kappa shape index (κ1) is 29.9. The molecular formula is C27H32F3N5O3S. The first-order valence-corrected chi connectivity index (χ1v) is 13.9. The molecule has 8 nitrogen and oxygen atoms in total. The van der Waals surface area contributed by atoms with Gasteiger partial charge in [0.25, 0.3) is 10.0 Å². The third kappa shape index (κ3) is 7.92. The lowest BCUT2D eigenvalue weighted by Gasteiger charge is -2.29. The van der Waals surface area contributed by atoms with E-state index in [4.69, 9.17) is 5.73 Å². The van der Waals surface area contributed by atoms with Gasteiger partial charge in [0.15, 0.2) is 0 Å². The summed E-state index contributed by atoms with van der Waals surface area (Å²) in [6, 6.07) is 15.0. The van der Waals surface area contributed by atoms with Gasteiger partial charge in [-0.2, -0.15) is 13.2 Å². The SMILES string of the molecule is CC(C)c1cccc(N)n1.CC(C)c1cccc(NS(=O)(=O)c2ccc3c(c2)CN(C(=O)C(F)(F)F)CC3)n1. The Bertz CT molecular complexity index is 1430. The minimum absolute atomic E-state index is 0.0679. The number of hydrogen-bond donors (Lipinski definition) is 2. The fourth-order valence-corrected chi connectivity index (χ4v) is 4.92. The standard InChI is InChI=1S/C19H20F3N3O3S.C8H12N2/c1-12(2)16-4-3-5-17(23-16)24-29(27,28)15-7-6-13-8-9-25(11-14(13)10-15)18(26)19(20,21)22;1-6(2)7-4-3-5-8(9)10-7/h3-7,10,12H,8-9,11H2,1-2H3,(H,23,24);3-6H,1-2H3,(H2,9,10). The van der Waals surface area contributed by atoms with Gasteiger partial charge in [-0.1, -0.05) is 45.9 Å². The number of pyridine rings is 2. The number of anilines is 2. The number of amides is 1. The molecule has 4 rings (SSSR count). The minimum Gasteiger partial charge on any atom is -0.384 e. The summed E-state index contributed by atoms with van der Waals surface area (Å²) in [4.78, 5) is 20.5. The molecule has 12 heteroatoms. The predicted octanol–water partition coefficient (Wildman–Crippen LogP) is 5.24. The maximum atomic E-state index is 12.7. The number of halogens is 3. The summed E-state index contributed by atoms with van der Waals surface area (Å²) in [5.41, 5.74) is 8.35. The summed E-state index contributed by atoms with van der Waals surface area (Å²) in [7, 11) is -3.99. The number of rotatable bonds is 5. The first-order chi connectivity index (χ1) is 18.2. The van der Waals surface area contributed by atoms with E-state index in [0.29, 0.717) is 22.2 Å². The number of nitrogens with one attached hydrogen (secondary N) is 1. The second kappa shape index (κ2) is 12.0. The summed E-state index contributed by atoms with van der Waals surface area (Å²) in [6.45, 7) is 7.69. The fourth-order valence-electron chi connectivity index (χ4n) is 3.87. The Morgan fingerprint density at radius 3 is 2.13 bits per heavy atom. The number of carbonyl (C=O) groups excluding carboxylic acids is 1. The molecule has 210 valence electrons. The Morgan fingerprint density at radius 1 is 0.949 bits per heavy atom. The third-order valence-electron chi connectivity index (χ3n) is 6.01. The van der Waals surface area contributed by atoms with Crippen LogP contribution in [0.25, 0.3) is 0 Å². The fraction of sp³-hybridized carbons (Fsp3) is 0.370. The summed E-state index contributed by atoms with van der Waals surface area (Å²) in [5.74, 6) is -0.595. The van der Waals surface area contributed by atoms with Gasteiger partial charge >= 0.3 is 12.1 Å². The molecule has 1 amide bonds. The summed E-state index contributed by atoms with van der Waals surface area (Å²) in [6.07, 6.45) is -4.74. The second-order valence-electron chi connectivity index (χ2n) is 9.75. The van der Waals surface area contributed by atoms with E-state index in [2.05, 4.69) is 28.5 Å². The van der Waals surface area contributed by atoms with E-state index >= 15 is 0 Å². The van der Waals surface area contributed by atoms with Gasteiger partial charge in [-0.15, -0.1) is 0 Å². The van der Waals surface area contributed by atoms with Gasteiger partial charge in [-0.25, -0.2) is 18.4 Å². The van der Waals surface area contributed by atoms with Crippen molar-refractivity contribution >= 4 is 27.6 Å². The lowest BCUT2D eigenvalue weighted by atomic mass is 10.00. The molecule has 0 saturated heterocycles. The minimum atomic E-state index is -4.96. The van der Waals surface area contributed by atoms with Crippen LogP contribution in [-0.2, 0) is 27.8 Å². The van der Waals surface area contributed by atoms with Crippen LogP contribution in [-0.4, -0.2) is 41.9 Å². The Hall–Kier alpha value is -3.67. The molecule has 0 saturated carbocycles. The highest BCUT2D eigenvalue weighted by molar-refractivity contribution is 7.92. The zero-order valence-corrected chi connectivity index (χ0v) is 23.0. The van der Waals surface area contributed by atoms with Gasteiger partial charge in [-0.3, -0.25) is 9.52 Å². The highest BCUT2D eigenvalue weighted by atomic mass is 32.2. The van der Waals surface area contributed by atoms with E-state index < -0.39 is 22.1 Å². The van der Waals surface area contributed by atoms with Gasteiger partial charge in [0, 0.05) is 24.5 Å². The lowest BCUT2D eigenvalue weighted by molar-refractivity contribution is -0.186. The second-order valence-corrected chi connectivity index (χ2v) is 11.4. The van der Waals surface area contributed by atoms with E-state index in [1.165, 1.54) is 18.2 Å². The van der Waals surface area contributed by atoms with Crippen molar-refractivity contribution in [1.29, 1.82) is 0 Å². The van der Waals surface area contributed by atoms with Gasteiger partial charge in [-0.05, 0) is 65.8 Å². The molecular weight excluding hydrogens is 531 g/mol. The smallest absolute Gasteiger partial charge is 0.384 e. The van der Waals surface area contributed by atoms with E-state index in [9.17, 15) is 26.4 Å². The number of carbonyl (C=O) groups is 1. The number of aromatic nitrogens is 2. The number of nitrogen functional groups attached to an aromatic ring is 1. The largest absolute Gasteiger partial charge is 0.471 e. The summed E-state index contributed by atoms with van der Waals surface area (Å²) >= 11 is 0.